The second-order valence-electron chi connectivity index (χ2n) is 9.79. The predicted molar refractivity (Wildman–Crippen MR) is 122 cm³/mol. The van der Waals surface area contributed by atoms with Crippen LogP contribution in [0.25, 0.3) is 0 Å². The molecule has 9 heteroatoms. The molecule has 0 aliphatic carbocycles. The zero-order valence-electron chi connectivity index (χ0n) is 18.7. The van der Waals surface area contributed by atoms with Gasteiger partial charge in [-0.25, -0.2) is 0 Å². The van der Waals surface area contributed by atoms with E-state index in [0.29, 0.717) is 0 Å². The molecule has 0 heterocycles. The van der Waals surface area contributed by atoms with E-state index in [1.54, 1.807) is 0 Å². The van der Waals surface area contributed by atoms with Gasteiger partial charge in [-0.05, 0) is 78.1 Å². The maximum atomic E-state index is 6.60. The Bertz CT molecular complexity index is 406. The van der Waals surface area contributed by atoms with Crippen LogP contribution in [0.4, 0.5) is 0 Å². The zero-order valence-corrected chi connectivity index (χ0v) is 23.7. The van der Waals surface area contributed by atoms with Crippen molar-refractivity contribution in [3.8, 4) is 0 Å². The van der Waals surface area contributed by atoms with Crippen LogP contribution in [0.2, 0.25) is 78.1 Å². The summed E-state index contributed by atoms with van der Waals surface area (Å²) in [4.78, 5) is 0. The fourth-order valence-corrected chi connectivity index (χ4v) is 27.3. The molecular formula is C16H43O4Si5. The van der Waals surface area contributed by atoms with Crippen molar-refractivity contribution in [3.05, 3.63) is 6.92 Å². The van der Waals surface area contributed by atoms with Gasteiger partial charge in [0, 0.05) is 0 Å². The average Bonchev–Trinajstić information content (AvgIpc) is 2.18. The zero-order chi connectivity index (χ0) is 20.2. The van der Waals surface area contributed by atoms with E-state index in [9.17, 15) is 0 Å². The SMILES string of the molecule is [CH2]CCCC[Si](C)(C)O[Si](C)(C)O[Si](C)(C)O[Si](C)(C)O[Si](C)(C)C. The van der Waals surface area contributed by atoms with Crippen molar-refractivity contribution >= 4 is 42.3 Å². The molecule has 0 unspecified atom stereocenters. The molecule has 0 atom stereocenters. The molecule has 25 heavy (non-hydrogen) atoms. The molecule has 151 valence electrons. The van der Waals surface area contributed by atoms with Gasteiger partial charge in [-0.1, -0.05) is 26.2 Å². The Hall–Kier alpha value is 0.924. The molecule has 0 saturated carbocycles. The normalized spacial score (nSPS) is 14.9. The molecule has 0 aliphatic heterocycles. The third-order valence-electron chi connectivity index (χ3n) is 3.34. The molecule has 0 rings (SSSR count). The minimum atomic E-state index is -2.30. The third kappa shape index (κ3) is 13.7. The minimum absolute atomic E-state index is 1.01. The van der Waals surface area contributed by atoms with E-state index in [-0.39, 0.29) is 0 Å². The summed E-state index contributed by atoms with van der Waals surface area (Å²) >= 11 is 0. The Balaban J connectivity index is 4.83. The van der Waals surface area contributed by atoms with Crippen molar-refractivity contribution in [2.24, 2.45) is 0 Å². The van der Waals surface area contributed by atoms with Crippen LogP contribution in [0.3, 0.4) is 0 Å². The quantitative estimate of drug-likeness (QED) is 0.268. The van der Waals surface area contributed by atoms with Gasteiger partial charge in [-0.2, -0.15) is 0 Å². The Morgan fingerprint density at radius 2 is 0.960 bits per heavy atom. The van der Waals surface area contributed by atoms with E-state index in [1.165, 1.54) is 18.9 Å². The topological polar surface area (TPSA) is 36.9 Å². The Morgan fingerprint density at radius 1 is 0.560 bits per heavy atom. The summed E-state index contributed by atoms with van der Waals surface area (Å²) in [7, 11) is -10.1. The second kappa shape index (κ2) is 9.42. The molecule has 0 amide bonds. The molecule has 0 spiro atoms. The fraction of sp³-hybridized carbons (Fsp3) is 0.938. The highest BCUT2D eigenvalue weighted by atomic mass is 28.5. The van der Waals surface area contributed by atoms with Crippen LogP contribution in [0.1, 0.15) is 19.3 Å². The van der Waals surface area contributed by atoms with Crippen molar-refractivity contribution in [2.45, 2.75) is 97.3 Å². The summed E-state index contributed by atoms with van der Waals surface area (Å²) in [6.07, 6.45) is 3.39. The molecule has 0 aromatic heterocycles. The monoisotopic (exact) mass is 439 g/mol. The van der Waals surface area contributed by atoms with Crippen LogP contribution in [-0.2, 0) is 16.5 Å². The summed E-state index contributed by atoms with van der Waals surface area (Å²) < 4.78 is 25.9. The Kier molecular flexibility index (Phi) is 9.76. The number of hydrogen-bond acceptors (Lipinski definition) is 4. The molecule has 0 aliphatic rings. The van der Waals surface area contributed by atoms with Gasteiger partial charge in [-0.15, -0.1) is 0 Å². The molecule has 4 nitrogen and oxygen atoms in total. The molecule has 0 bridgehead atoms. The van der Waals surface area contributed by atoms with Crippen LogP contribution in [0.5, 0.6) is 0 Å². The number of unbranched alkanes of at least 4 members (excludes halogenated alkanes) is 2. The fourth-order valence-electron chi connectivity index (χ4n) is 3.43. The standard InChI is InChI=1S/C16H43O4Si5/c1-13-14-15-16-22(5,6)18-24(9,10)20-25(11,12)19-23(7,8)17-21(2,3)4/h1,13-16H2,2-12H3. The molecule has 1 radical (unpaired) electrons. The van der Waals surface area contributed by atoms with E-state index < -0.39 is 42.3 Å². The van der Waals surface area contributed by atoms with Crippen LogP contribution >= 0.6 is 0 Å². The molecule has 0 N–H and O–H groups in total. The van der Waals surface area contributed by atoms with E-state index >= 15 is 0 Å². The van der Waals surface area contributed by atoms with Gasteiger partial charge in [-0.3, -0.25) is 0 Å². The van der Waals surface area contributed by atoms with Gasteiger partial charge in [0.05, 0.1) is 0 Å². The van der Waals surface area contributed by atoms with Gasteiger partial charge in [0.15, 0.2) is 16.6 Å². The predicted octanol–water partition coefficient (Wildman–Crippen LogP) is 6.20. The first kappa shape index (κ1) is 25.9. The Morgan fingerprint density at radius 3 is 1.36 bits per heavy atom. The van der Waals surface area contributed by atoms with Crippen molar-refractivity contribution in [1.29, 1.82) is 0 Å². The first-order valence-electron chi connectivity index (χ1n) is 9.49. The maximum absolute atomic E-state index is 6.60. The molecule has 0 aromatic rings. The van der Waals surface area contributed by atoms with E-state index in [0.717, 1.165) is 6.42 Å². The van der Waals surface area contributed by atoms with Crippen LogP contribution < -0.4 is 0 Å². The summed E-state index contributed by atoms with van der Waals surface area (Å²) in [5, 5.41) is 0. The van der Waals surface area contributed by atoms with Gasteiger partial charge in [0.1, 0.15) is 0 Å². The molecule has 0 aromatic carbocycles. The third-order valence-corrected chi connectivity index (χ3v) is 21.4. The first-order valence-corrected chi connectivity index (χ1v) is 24.5. The molecule has 0 saturated heterocycles. The van der Waals surface area contributed by atoms with Gasteiger partial charge < -0.3 is 16.5 Å². The smallest absolute Gasteiger partial charge is 0.314 e. The van der Waals surface area contributed by atoms with Crippen LogP contribution in [0.15, 0.2) is 0 Å². The Labute approximate surface area is 163 Å². The van der Waals surface area contributed by atoms with Crippen LogP contribution in [-0.4, -0.2) is 42.3 Å². The second-order valence-corrected chi connectivity index (χ2v) is 29.7. The number of rotatable bonds is 12. The number of hydrogen-bond donors (Lipinski definition) is 0. The average molecular weight is 440 g/mol. The minimum Gasteiger partial charge on any atom is -0.437 e. The van der Waals surface area contributed by atoms with Crippen molar-refractivity contribution in [2.75, 3.05) is 0 Å². The molecular weight excluding hydrogens is 397 g/mol. The van der Waals surface area contributed by atoms with Crippen LogP contribution in [0, 0.1) is 6.92 Å². The largest absolute Gasteiger partial charge is 0.437 e. The van der Waals surface area contributed by atoms with Gasteiger partial charge >= 0.3 is 25.7 Å². The lowest BCUT2D eigenvalue weighted by molar-refractivity contribution is 0.299. The highest BCUT2D eigenvalue weighted by molar-refractivity contribution is 6.90. The van der Waals surface area contributed by atoms with Crippen molar-refractivity contribution in [1.82, 2.24) is 0 Å². The lowest BCUT2D eigenvalue weighted by Gasteiger charge is -2.42. The summed E-state index contributed by atoms with van der Waals surface area (Å²) in [5.74, 6) is 0. The van der Waals surface area contributed by atoms with Crippen molar-refractivity contribution in [3.63, 3.8) is 0 Å². The highest BCUT2D eigenvalue weighted by Crippen LogP contribution is 2.27. The highest BCUT2D eigenvalue weighted by Gasteiger charge is 2.44. The maximum Gasteiger partial charge on any atom is 0.314 e. The van der Waals surface area contributed by atoms with E-state index in [4.69, 9.17) is 16.5 Å². The van der Waals surface area contributed by atoms with Gasteiger partial charge in [0.25, 0.3) is 0 Å². The first-order chi connectivity index (χ1) is 10.9. The van der Waals surface area contributed by atoms with Crippen molar-refractivity contribution < 1.29 is 16.5 Å². The lowest BCUT2D eigenvalue weighted by atomic mass is 10.3. The summed E-state index contributed by atoms with van der Waals surface area (Å²) in [6, 6.07) is 1.17. The lowest BCUT2D eigenvalue weighted by Crippen LogP contribution is -2.58. The summed E-state index contributed by atoms with van der Waals surface area (Å²) in [6.45, 7) is 28.0. The van der Waals surface area contributed by atoms with Gasteiger partial charge in [0.2, 0.25) is 0 Å². The summed E-state index contributed by atoms with van der Waals surface area (Å²) in [5.41, 5.74) is 0. The molecule has 0 fully saturated rings. The van der Waals surface area contributed by atoms with E-state index in [1.807, 2.05) is 0 Å². The van der Waals surface area contributed by atoms with E-state index in [2.05, 4.69) is 78.9 Å².